The first-order valence-corrected chi connectivity index (χ1v) is 10.1. The molecule has 1 saturated heterocycles. The van der Waals surface area contributed by atoms with E-state index in [1.165, 1.54) is 27.8 Å². The van der Waals surface area contributed by atoms with Crippen LogP contribution in [-0.2, 0) is 6.18 Å². The fourth-order valence-electron chi connectivity index (χ4n) is 3.75. The van der Waals surface area contributed by atoms with Crippen LogP contribution < -0.4 is 10.7 Å². The van der Waals surface area contributed by atoms with Crippen LogP contribution >= 0.6 is 0 Å². The lowest BCUT2D eigenvalue weighted by atomic mass is 10.2. The smallest absolute Gasteiger partial charge is 0.380 e. The number of para-hydroxylation sites is 1. The number of carbonyl (C=O) groups is 1. The van der Waals surface area contributed by atoms with Crippen LogP contribution in [0.25, 0.3) is 5.69 Å². The molecule has 0 saturated carbocycles. The molecule has 1 atom stereocenters. The number of hydrogen-bond donors (Lipinski definition) is 1. The summed E-state index contributed by atoms with van der Waals surface area (Å²) in [6, 6.07) is 15.4. The third-order valence-electron chi connectivity index (χ3n) is 5.35. The van der Waals surface area contributed by atoms with Crippen LogP contribution in [0.3, 0.4) is 0 Å². The van der Waals surface area contributed by atoms with Gasteiger partial charge in [-0.3, -0.25) is 9.59 Å². The van der Waals surface area contributed by atoms with Gasteiger partial charge in [0.2, 0.25) is 5.43 Å². The van der Waals surface area contributed by atoms with E-state index in [0.717, 1.165) is 17.8 Å². The first-order valence-electron chi connectivity index (χ1n) is 10.1. The number of anilines is 1. The molecule has 166 valence electrons. The van der Waals surface area contributed by atoms with Gasteiger partial charge in [-0.15, -0.1) is 0 Å². The highest BCUT2D eigenvalue weighted by Gasteiger charge is 2.31. The van der Waals surface area contributed by atoms with E-state index >= 15 is 0 Å². The van der Waals surface area contributed by atoms with Crippen LogP contribution in [0, 0.1) is 6.92 Å². The first kappa shape index (κ1) is 21.6. The molecule has 1 aromatic heterocycles. The first-order chi connectivity index (χ1) is 15.2. The van der Waals surface area contributed by atoms with Crippen molar-refractivity contribution in [1.29, 1.82) is 0 Å². The van der Waals surface area contributed by atoms with Gasteiger partial charge in [0.1, 0.15) is 0 Å². The molecule has 1 aliphatic rings. The molecule has 9 heteroatoms. The van der Waals surface area contributed by atoms with Gasteiger partial charge in [0.05, 0.1) is 11.3 Å². The Morgan fingerprint density at radius 2 is 1.84 bits per heavy atom. The van der Waals surface area contributed by atoms with Crippen molar-refractivity contribution >= 4 is 11.6 Å². The van der Waals surface area contributed by atoms with Crippen molar-refractivity contribution in [2.75, 3.05) is 18.4 Å². The summed E-state index contributed by atoms with van der Waals surface area (Å²) in [5.74, 6) is -0.534. The molecule has 0 radical (unpaired) electrons. The largest absolute Gasteiger partial charge is 0.416 e. The number of hydrogen-bond acceptors (Lipinski definition) is 4. The number of alkyl halides is 3. The zero-order chi connectivity index (χ0) is 22.9. The minimum Gasteiger partial charge on any atom is -0.380 e. The SMILES string of the molecule is Cc1cc(=O)c(C(=O)N2CCC(Nc3ccccc3)C2)nn1-c1cccc(C(F)(F)F)c1. The minimum atomic E-state index is -4.52. The number of benzene rings is 2. The van der Waals surface area contributed by atoms with Crippen LogP contribution in [0.1, 0.15) is 28.2 Å². The van der Waals surface area contributed by atoms with Crippen molar-refractivity contribution in [3.05, 3.63) is 87.8 Å². The van der Waals surface area contributed by atoms with Crippen molar-refractivity contribution in [3.63, 3.8) is 0 Å². The molecule has 0 aliphatic carbocycles. The molecule has 2 aromatic carbocycles. The van der Waals surface area contributed by atoms with Crippen molar-refractivity contribution in [2.24, 2.45) is 0 Å². The summed E-state index contributed by atoms with van der Waals surface area (Å²) in [6.07, 6.45) is -3.81. The molecule has 3 aromatic rings. The zero-order valence-corrected chi connectivity index (χ0v) is 17.3. The predicted octanol–water partition coefficient (Wildman–Crippen LogP) is 3.89. The number of nitrogens with zero attached hydrogens (tertiary/aromatic N) is 3. The molecule has 1 amide bonds. The molecular weight excluding hydrogens is 421 g/mol. The van der Waals surface area contributed by atoms with Crippen LogP contribution in [0.5, 0.6) is 0 Å². The third-order valence-corrected chi connectivity index (χ3v) is 5.35. The number of carbonyl (C=O) groups excluding carboxylic acids is 1. The summed E-state index contributed by atoms with van der Waals surface area (Å²) < 4.78 is 40.5. The van der Waals surface area contributed by atoms with Gasteiger partial charge in [-0.05, 0) is 43.7 Å². The molecule has 1 fully saturated rings. The van der Waals surface area contributed by atoms with E-state index in [4.69, 9.17) is 0 Å². The average Bonchev–Trinajstić information content (AvgIpc) is 3.22. The highest BCUT2D eigenvalue weighted by molar-refractivity contribution is 5.92. The topological polar surface area (TPSA) is 67.2 Å². The third kappa shape index (κ3) is 4.51. The molecule has 6 nitrogen and oxygen atoms in total. The summed E-state index contributed by atoms with van der Waals surface area (Å²) in [5.41, 5.74) is -0.319. The second kappa shape index (κ2) is 8.49. The Bertz CT molecular complexity index is 1190. The molecule has 0 bridgehead atoms. The van der Waals surface area contributed by atoms with Gasteiger partial charge in [0, 0.05) is 36.6 Å². The number of rotatable bonds is 4. The monoisotopic (exact) mass is 442 g/mol. The maximum Gasteiger partial charge on any atom is 0.416 e. The lowest BCUT2D eigenvalue weighted by molar-refractivity contribution is -0.137. The zero-order valence-electron chi connectivity index (χ0n) is 17.3. The Hall–Kier alpha value is -3.62. The lowest BCUT2D eigenvalue weighted by Gasteiger charge is -2.18. The van der Waals surface area contributed by atoms with Gasteiger partial charge in [-0.1, -0.05) is 24.3 Å². The lowest BCUT2D eigenvalue weighted by Crippen LogP contribution is -2.36. The average molecular weight is 442 g/mol. The fraction of sp³-hybridized carbons (Fsp3) is 0.261. The van der Waals surface area contributed by atoms with Crippen molar-refractivity contribution < 1.29 is 18.0 Å². The summed E-state index contributed by atoms with van der Waals surface area (Å²) in [4.78, 5) is 27.1. The van der Waals surface area contributed by atoms with E-state index in [9.17, 15) is 22.8 Å². The fourth-order valence-corrected chi connectivity index (χ4v) is 3.75. The standard InChI is InChI=1S/C23H21F3N4O2/c1-15-12-20(31)21(28-30(15)19-9-5-6-16(13-19)23(24,25)26)22(32)29-11-10-18(14-29)27-17-7-3-2-4-8-17/h2-9,12-13,18,27H,10-11,14H2,1H3. The second-order valence-corrected chi connectivity index (χ2v) is 7.71. The highest BCUT2D eigenvalue weighted by Crippen LogP contribution is 2.30. The Morgan fingerprint density at radius 1 is 1.09 bits per heavy atom. The van der Waals surface area contributed by atoms with E-state index in [1.54, 1.807) is 6.92 Å². The predicted molar refractivity (Wildman–Crippen MR) is 114 cm³/mol. The summed E-state index contributed by atoms with van der Waals surface area (Å²) in [7, 11) is 0. The Labute approximate surface area is 182 Å². The number of amides is 1. The van der Waals surface area contributed by atoms with Crippen LogP contribution in [0.15, 0.2) is 65.5 Å². The van der Waals surface area contributed by atoms with Crippen molar-refractivity contribution in [3.8, 4) is 5.69 Å². The van der Waals surface area contributed by atoms with Crippen LogP contribution in [0.2, 0.25) is 0 Å². The Balaban J connectivity index is 1.58. The number of likely N-dealkylation sites (tertiary alicyclic amines) is 1. The van der Waals surface area contributed by atoms with E-state index < -0.39 is 23.1 Å². The van der Waals surface area contributed by atoms with Crippen LogP contribution in [0.4, 0.5) is 18.9 Å². The molecule has 4 rings (SSSR count). The van der Waals surface area contributed by atoms with Crippen molar-refractivity contribution in [2.45, 2.75) is 25.6 Å². The summed E-state index contributed by atoms with van der Waals surface area (Å²) >= 11 is 0. The number of nitrogens with one attached hydrogen (secondary N) is 1. The van der Waals surface area contributed by atoms with Gasteiger partial charge in [-0.2, -0.15) is 18.3 Å². The van der Waals surface area contributed by atoms with E-state index in [-0.39, 0.29) is 17.4 Å². The Kier molecular flexibility index (Phi) is 5.73. The molecule has 1 unspecified atom stereocenters. The molecule has 1 aliphatic heterocycles. The van der Waals surface area contributed by atoms with Gasteiger partial charge in [0.25, 0.3) is 5.91 Å². The van der Waals surface area contributed by atoms with Crippen LogP contribution in [-0.4, -0.2) is 39.7 Å². The highest BCUT2D eigenvalue weighted by atomic mass is 19.4. The quantitative estimate of drug-likeness (QED) is 0.666. The maximum absolute atomic E-state index is 13.1. The molecular formula is C23H21F3N4O2. The molecule has 2 heterocycles. The molecule has 32 heavy (non-hydrogen) atoms. The molecule has 1 N–H and O–H groups in total. The number of aryl methyl sites for hydroxylation is 1. The van der Waals surface area contributed by atoms with E-state index in [2.05, 4.69) is 10.4 Å². The summed E-state index contributed by atoms with van der Waals surface area (Å²) in [6.45, 7) is 2.40. The van der Waals surface area contributed by atoms with Gasteiger partial charge < -0.3 is 10.2 Å². The Morgan fingerprint density at radius 3 is 2.56 bits per heavy atom. The maximum atomic E-state index is 13.1. The normalized spacial score (nSPS) is 16.2. The minimum absolute atomic E-state index is 0.0255. The van der Waals surface area contributed by atoms with Gasteiger partial charge in [-0.25, -0.2) is 4.68 Å². The summed E-state index contributed by atoms with van der Waals surface area (Å²) in [5, 5.41) is 7.50. The number of halogens is 3. The van der Waals surface area contributed by atoms with Gasteiger partial charge in [0.15, 0.2) is 5.69 Å². The van der Waals surface area contributed by atoms with Crippen molar-refractivity contribution in [1.82, 2.24) is 14.7 Å². The second-order valence-electron chi connectivity index (χ2n) is 7.71. The van der Waals surface area contributed by atoms with Gasteiger partial charge >= 0.3 is 6.18 Å². The number of aromatic nitrogens is 2. The van der Waals surface area contributed by atoms with E-state index in [1.807, 2.05) is 30.3 Å². The van der Waals surface area contributed by atoms with E-state index in [0.29, 0.717) is 25.2 Å². The molecule has 0 spiro atoms.